The van der Waals surface area contributed by atoms with Crippen LogP contribution in [0.2, 0.25) is 0 Å². The number of hydrogen-bond donors (Lipinski definition) is 1. The van der Waals surface area contributed by atoms with Gasteiger partial charge < -0.3 is 18.1 Å². The average molecular weight is 269 g/mol. The minimum absolute atomic E-state index is 0. The van der Waals surface area contributed by atoms with Crippen molar-refractivity contribution >= 4 is 11.4 Å². The summed E-state index contributed by atoms with van der Waals surface area (Å²) in [4.78, 5) is 19.0. The summed E-state index contributed by atoms with van der Waals surface area (Å²) in [5.41, 5.74) is 6.04. The van der Waals surface area contributed by atoms with Gasteiger partial charge in [0.15, 0.2) is 0 Å². The normalized spacial score (nSPS) is 9.33. The van der Waals surface area contributed by atoms with Gasteiger partial charge in [0.05, 0.1) is 4.92 Å². The highest BCUT2D eigenvalue weighted by molar-refractivity contribution is 5.32. The summed E-state index contributed by atoms with van der Waals surface area (Å²) < 4.78 is 1.39. The minimum Gasteiger partial charge on any atom is -1.00 e. The molecule has 0 saturated heterocycles. The maximum Gasteiger partial charge on any atom is 0.295 e. The van der Waals surface area contributed by atoms with E-state index in [1.165, 1.54) is 16.9 Å². The van der Waals surface area contributed by atoms with E-state index in [0.717, 1.165) is 6.20 Å². The first-order valence-corrected chi connectivity index (χ1v) is 4.71. The van der Waals surface area contributed by atoms with Crippen molar-refractivity contribution in [2.75, 3.05) is 5.73 Å². The average Bonchev–Trinajstić information content (AvgIpc) is 2.33. The van der Waals surface area contributed by atoms with E-state index in [1.807, 2.05) is 0 Å². The number of aromatic nitrogens is 2. The molecule has 2 N–H and O–H groups in total. The summed E-state index contributed by atoms with van der Waals surface area (Å²) in [5.74, 6) is 0.255. The molecule has 0 atom stereocenters. The first-order chi connectivity index (χ1) is 8.15. The summed E-state index contributed by atoms with van der Waals surface area (Å²) in [6.45, 7) is 0. The van der Waals surface area contributed by atoms with Crippen LogP contribution in [0.15, 0.2) is 42.9 Å². The van der Waals surface area contributed by atoms with Crippen LogP contribution in [0.1, 0.15) is 0 Å². The SMILES string of the molecule is Nc1cc[n+](Oc2ccc([N+](=O)[O-])cn2)cc1.[Cl-]. The van der Waals surface area contributed by atoms with Crippen LogP contribution >= 0.6 is 0 Å². The summed E-state index contributed by atoms with van der Waals surface area (Å²) in [5, 5.41) is 10.4. The standard InChI is InChI=1S/C10H8N4O3.ClH/c11-8-3-5-13(6-4-8)17-10-2-1-9(7-12-10)14(15)16;/h1-7,11H;1H. The molecular formula is C10H9ClN4O3. The molecule has 0 aliphatic rings. The number of nitrogens with zero attached hydrogens (tertiary/aromatic N) is 3. The van der Waals surface area contributed by atoms with Crippen molar-refractivity contribution in [3.63, 3.8) is 0 Å². The molecule has 0 aliphatic carbocycles. The van der Waals surface area contributed by atoms with Crippen LogP contribution in [-0.4, -0.2) is 9.91 Å². The van der Waals surface area contributed by atoms with E-state index in [-0.39, 0.29) is 24.0 Å². The molecule has 8 heteroatoms. The van der Waals surface area contributed by atoms with Crippen LogP contribution in [0.4, 0.5) is 11.4 Å². The number of hydrogen-bond acceptors (Lipinski definition) is 5. The van der Waals surface area contributed by atoms with Gasteiger partial charge in [0.1, 0.15) is 6.20 Å². The fourth-order valence-corrected chi connectivity index (χ4v) is 1.13. The number of pyridine rings is 2. The summed E-state index contributed by atoms with van der Waals surface area (Å²) >= 11 is 0. The van der Waals surface area contributed by atoms with Crippen molar-refractivity contribution < 1.29 is 26.9 Å². The van der Waals surface area contributed by atoms with Crippen LogP contribution in [-0.2, 0) is 0 Å². The quantitative estimate of drug-likeness (QED) is 0.384. The molecule has 2 aromatic rings. The summed E-state index contributed by atoms with van der Waals surface area (Å²) in [7, 11) is 0. The number of nitro groups is 1. The highest BCUT2D eigenvalue weighted by Gasteiger charge is 2.09. The molecule has 0 fully saturated rings. The molecule has 2 rings (SSSR count). The third kappa shape index (κ3) is 3.29. The van der Waals surface area contributed by atoms with E-state index in [1.54, 1.807) is 24.5 Å². The van der Waals surface area contributed by atoms with Gasteiger partial charge in [-0.2, -0.15) is 0 Å². The van der Waals surface area contributed by atoms with Gasteiger partial charge in [0.25, 0.3) is 11.6 Å². The molecule has 2 aromatic heterocycles. The van der Waals surface area contributed by atoms with Gasteiger partial charge in [-0.25, -0.2) is 9.82 Å². The smallest absolute Gasteiger partial charge is 0.295 e. The Labute approximate surface area is 108 Å². The fraction of sp³-hybridized carbons (Fsp3) is 0. The van der Waals surface area contributed by atoms with Crippen LogP contribution in [0.3, 0.4) is 0 Å². The molecule has 0 amide bonds. The van der Waals surface area contributed by atoms with Gasteiger partial charge in [0, 0.05) is 34.7 Å². The second kappa shape index (κ2) is 5.78. The highest BCUT2D eigenvalue weighted by Crippen LogP contribution is 2.12. The third-order valence-corrected chi connectivity index (χ3v) is 1.96. The number of halogens is 1. The highest BCUT2D eigenvalue weighted by atomic mass is 35.5. The lowest BCUT2D eigenvalue weighted by molar-refractivity contribution is -0.875. The molecule has 0 radical (unpaired) electrons. The minimum atomic E-state index is -0.521. The van der Waals surface area contributed by atoms with Crippen molar-refractivity contribution in [3.05, 3.63) is 53.0 Å². The topological polar surface area (TPSA) is 95.2 Å². The Morgan fingerprint density at radius 1 is 1.28 bits per heavy atom. The first kappa shape index (κ1) is 13.7. The largest absolute Gasteiger partial charge is 1.00 e. The number of anilines is 1. The maximum atomic E-state index is 10.4. The molecule has 18 heavy (non-hydrogen) atoms. The van der Waals surface area contributed by atoms with Crippen molar-refractivity contribution in [1.29, 1.82) is 0 Å². The molecule has 7 nitrogen and oxygen atoms in total. The van der Waals surface area contributed by atoms with Gasteiger partial charge in [-0.05, 0) is 0 Å². The Morgan fingerprint density at radius 2 is 1.94 bits per heavy atom. The maximum absolute atomic E-state index is 10.4. The Hall–Kier alpha value is -2.41. The van der Waals surface area contributed by atoms with Crippen LogP contribution < -0.4 is 27.7 Å². The van der Waals surface area contributed by atoms with Crippen LogP contribution in [0.5, 0.6) is 5.88 Å². The predicted octanol–water partition coefficient (Wildman–Crippen LogP) is -2.29. The molecule has 0 aliphatic heterocycles. The van der Waals surface area contributed by atoms with Crippen LogP contribution in [0.25, 0.3) is 0 Å². The second-order valence-corrected chi connectivity index (χ2v) is 3.19. The van der Waals surface area contributed by atoms with E-state index in [9.17, 15) is 10.1 Å². The van der Waals surface area contributed by atoms with Gasteiger partial charge in [-0.1, -0.05) is 0 Å². The van der Waals surface area contributed by atoms with E-state index < -0.39 is 4.92 Å². The zero-order valence-corrected chi connectivity index (χ0v) is 9.82. The summed E-state index contributed by atoms with van der Waals surface area (Å²) in [6.07, 6.45) is 4.35. The van der Waals surface area contributed by atoms with E-state index >= 15 is 0 Å². The second-order valence-electron chi connectivity index (χ2n) is 3.19. The van der Waals surface area contributed by atoms with E-state index in [0.29, 0.717) is 5.69 Å². The lowest BCUT2D eigenvalue weighted by Crippen LogP contribution is -3.00. The number of rotatable bonds is 3. The Bertz CT molecular complexity index is 530. The lowest BCUT2D eigenvalue weighted by Gasteiger charge is -1.96. The molecule has 2 heterocycles. The predicted molar refractivity (Wildman–Crippen MR) is 58.0 cm³/mol. The Morgan fingerprint density at radius 3 is 2.44 bits per heavy atom. The van der Waals surface area contributed by atoms with Gasteiger partial charge in [-0.3, -0.25) is 10.1 Å². The van der Waals surface area contributed by atoms with Crippen molar-refractivity contribution in [2.24, 2.45) is 0 Å². The van der Waals surface area contributed by atoms with E-state index in [2.05, 4.69) is 4.98 Å². The first-order valence-electron chi connectivity index (χ1n) is 4.71. The monoisotopic (exact) mass is 268 g/mol. The molecule has 94 valence electrons. The molecule has 0 saturated carbocycles. The van der Waals surface area contributed by atoms with Crippen molar-refractivity contribution in [3.8, 4) is 5.88 Å². The molecular weight excluding hydrogens is 260 g/mol. The van der Waals surface area contributed by atoms with Gasteiger partial charge in [-0.15, -0.1) is 0 Å². The Kier molecular flexibility index (Phi) is 4.39. The molecule has 0 bridgehead atoms. The van der Waals surface area contributed by atoms with Crippen molar-refractivity contribution in [2.45, 2.75) is 0 Å². The summed E-state index contributed by atoms with van der Waals surface area (Å²) in [6, 6.07) is 6.05. The van der Waals surface area contributed by atoms with Crippen molar-refractivity contribution in [1.82, 2.24) is 4.98 Å². The zero-order valence-electron chi connectivity index (χ0n) is 9.06. The Balaban J connectivity index is 0.00000162. The number of nitrogens with two attached hydrogens (primary N) is 1. The molecule has 0 spiro atoms. The molecule has 0 aromatic carbocycles. The fourth-order valence-electron chi connectivity index (χ4n) is 1.13. The van der Waals surface area contributed by atoms with Gasteiger partial charge >= 0.3 is 0 Å². The molecule has 0 unspecified atom stereocenters. The van der Waals surface area contributed by atoms with E-state index in [4.69, 9.17) is 10.6 Å². The lowest BCUT2D eigenvalue weighted by atomic mass is 10.4. The zero-order chi connectivity index (χ0) is 12.3. The number of nitrogen functional groups attached to an aromatic ring is 1. The van der Waals surface area contributed by atoms with Crippen LogP contribution in [0, 0.1) is 10.1 Å². The van der Waals surface area contributed by atoms with Gasteiger partial charge in [0.2, 0.25) is 12.4 Å². The third-order valence-electron chi connectivity index (χ3n) is 1.96.